The Labute approximate surface area is 235 Å². The molecule has 5 rings (SSSR count). The van der Waals surface area contributed by atoms with Crippen molar-refractivity contribution < 1.29 is 14.4 Å². The number of hydrogen-bond donors (Lipinski definition) is 7. The van der Waals surface area contributed by atoms with Crippen molar-refractivity contribution in [1.29, 1.82) is 0 Å². The normalized spacial score (nSPS) is 27.8. The molecular formula is C28H41N9O3. The fourth-order valence-electron chi connectivity index (χ4n) is 6.30. The van der Waals surface area contributed by atoms with Crippen LogP contribution >= 0.6 is 0 Å². The lowest BCUT2D eigenvalue weighted by Crippen LogP contribution is -2.56. The van der Waals surface area contributed by atoms with Crippen molar-refractivity contribution in [2.24, 2.45) is 21.8 Å². The molecule has 5 amide bonds. The molecule has 1 aromatic rings. The summed E-state index contributed by atoms with van der Waals surface area (Å²) in [7, 11) is 1.61. The Morgan fingerprint density at radius 1 is 0.875 bits per heavy atom. The second-order valence-electron chi connectivity index (χ2n) is 11.0. The van der Waals surface area contributed by atoms with Crippen molar-refractivity contribution in [3.05, 3.63) is 29.8 Å². The third kappa shape index (κ3) is 7.02. The molecule has 1 aromatic carbocycles. The van der Waals surface area contributed by atoms with Gasteiger partial charge in [-0.3, -0.25) is 14.8 Å². The quantitative estimate of drug-likeness (QED) is 0.272. The predicted octanol–water partition coefficient (Wildman–Crippen LogP) is 1.30. The van der Waals surface area contributed by atoms with E-state index < -0.39 is 6.04 Å². The van der Waals surface area contributed by atoms with Gasteiger partial charge in [0.05, 0.1) is 24.8 Å². The van der Waals surface area contributed by atoms with Crippen molar-refractivity contribution in [2.45, 2.75) is 63.1 Å². The van der Waals surface area contributed by atoms with Crippen molar-refractivity contribution in [1.82, 2.24) is 31.9 Å². The van der Waals surface area contributed by atoms with Crippen LogP contribution in [0, 0.1) is 11.8 Å². The van der Waals surface area contributed by atoms with Crippen LogP contribution in [0.15, 0.2) is 34.3 Å². The Kier molecular flexibility index (Phi) is 9.02. The first-order chi connectivity index (χ1) is 19.5. The second-order valence-corrected chi connectivity index (χ2v) is 11.0. The van der Waals surface area contributed by atoms with E-state index in [-0.39, 0.29) is 36.0 Å². The summed E-state index contributed by atoms with van der Waals surface area (Å²) in [5.74, 6) is 1.80. The average Bonchev–Trinajstić information content (AvgIpc) is 3.68. The molecule has 2 saturated carbocycles. The summed E-state index contributed by atoms with van der Waals surface area (Å²) in [6.45, 7) is 3.27. The molecule has 0 spiro atoms. The van der Waals surface area contributed by atoms with Crippen LogP contribution in [0.3, 0.4) is 0 Å². The summed E-state index contributed by atoms with van der Waals surface area (Å²) < 4.78 is 0. The van der Waals surface area contributed by atoms with Crippen molar-refractivity contribution in [3.8, 4) is 0 Å². The zero-order chi connectivity index (χ0) is 27.9. The van der Waals surface area contributed by atoms with E-state index in [9.17, 15) is 14.4 Å². The number of amides is 5. The summed E-state index contributed by atoms with van der Waals surface area (Å²) in [5.41, 5.74) is 1.59. The number of carbonyl (C=O) groups is 3. The zero-order valence-electron chi connectivity index (χ0n) is 23.1. The van der Waals surface area contributed by atoms with E-state index in [1.54, 1.807) is 7.05 Å². The first-order valence-corrected chi connectivity index (χ1v) is 14.5. The summed E-state index contributed by atoms with van der Waals surface area (Å²) in [6.07, 6.45) is 5.58. The van der Waals surface area contributed by atoms with E-state index in [4.69, 9.17) is 0 Å². The lowest BCUT2D eigenvalue weighted by Gasteiger charge is -2.36. The molecule has 5 unspecified atom stereocenters. The SMILES string of the molecule is CNC(=O)C1CCC(NC(=O)Nc2cccc(C3=NCCN3)c2)CC1NC(=O)NC1CCCC(C2=NCCN2)C1. The lowest BCUT2D eigenvalue weighted by molar-refractivity contribution is -0.126. The maximum Gasteiger partial charge on any atom is 0.319 e. The van der Waals surface area contributed by atoms with Crippen LogP contribution in [-0.2, 0) is 4.79 Å². The maximum atomic E-state index is 13.1. The molecule has 12 nitrogen and oxygen atoms in total. The average molecular weight is 552 g/mol. The third-order valence-electron chi connectivity index (χ3n) is 8.25. The predicted molar refractivity (Wildman–Crippen MR) is 155 cm³/mol. The van der Waals surface area contributed by atoms with Crippen LogP contribution in [0.2, 0.25) is 0 Å². The highest BCUT2D eigenvalue weighted by molar-refractivity contribution is 6.01. The number of hydrogen-bond acceptors (Lipinski definition) is 7. The van der Waals surface area contributed by atoms with Crippen molar-refractivity contribution in [3.63, 3.8) is 0 Å². The number of anilines is 1. The van der Waals surface area contributed by atoms with Gasteiger partial charge in [-0.05, 0) is 50.7 Å². The van der Waals surface area contributed by atoms with Gasteiger partial charge in [-0.25, -0.2) is 9.59 Å². The van der Waals surface area contributed by atoms with E-state index >= 15 is 0 Å². The summed E-state index contributed by atoms with van der Waals surface area (Å²) in [6, 6.07) is 6.46. The van der Waals surface area contributed by atoms with Gasteiger partial charge in [0.15, 0.2) is 0 Å². The largest absolute Gasteiger partial charge is 0.372 e. The molecule has 2 heterocycles. The second kappa shape index (κ2) is 13.0. The topological polar surface area (TPSA) is 160 Å². The molecule has 40 heavy (non-hydrogen) atoms. The molecule has 0 saturated heterocycles. The van der Waals surface area contributed by atoms with Crippen LogP contribution < -0.4 is 37.2 Å². The molecular weight excluding hydrogens is 510 g/mol. The number of rotatable bonds is 7. The Balaban J connectivity index is 1.15. The van der Waals surface area contributed by atoms with Crippen LogP contribution in [0.4, 0.5) is 15.3 Å². The van der Waals surface area contributed by atoms with Crippen LogP contribution in [-0.4, -0.2) is 81.0 Å². The number of urea groups is 2. The van der Waals surface area contributed by atoms with E-state index in [2.05, 4.69) is 47.2 Å². The minimum Gasteiger partial charge on any atom is -0.372 e. The number of amidine groups is 2. The first kappa shape index (κ1) is 27.7. The lowest BCUT2D eigenvalue weighted by atomic mass is 9.81. The van der Waals surface area contributed by atoms with Gasteiger partial charge in [0.1, 0.15) is 5.84 Å². The van der Waals surface area contributed by atoms with Gasteiger partial charge in [0.25, 0.3) is 0 Å². The number of aliphatic imine (C=N–C) groups is 2. The third-order valence-corrected chi connectivity index (χ3v) is 8.25. The summed E-state index contributed by atoms with van der Waals surface area (Å²) in [4.78, 5) is 47.6. The molecule has 7 N–H and O–H groups in total. The Morgan fingerprint density at radius 2 is 1.68 bits per heavy atom. The van der Waals surface area contributed by atoms with E-state index in [1.165, 1.54) is 0 Å². The van der Waals surface area contributed by atoms with E-state index in [0.29, 0.717) is 30.9 Å². The number of nitrogens with zero attached hydrogens (tertiary/aromatic N) is 2. The summed E-state index contributed by atoms with van der Waals surface area (Å²) in [5, 5.41) is 21.5. The van der Waals surface area contributed by atoms with E-state index in [1.807, 2.05) is 24.3 Å². The molecule has 2 aliphatic heterocycles. The number of benzene rings is 1. The molecule has 4 aliphatic rings. The fraction of sp³-hybridized carbons (Fsp3) is 0.607. The Morgan fingerprint density at radius 3 is 2.45 bits per heavy atom. The van der Waals surface area contributed by atoms with Gasteiger partial charge in [-0.1, -0.05) is 18.6 Å². The molecule has 2 fully saturated rings. The molecule has 2 aliphatic carbocycles. The number of nitrogens with one attached hydrogen (secondary N) is 7. The van der Waals surface area contributed by atoms with Crippen LogP contribution in [0.5, 0.6) is 0 Å². The monoisotopic (exact) mass is 551 g/mol. The van der Waals surface area contributed by atoms with Gasteiger partial charge >= 0.3 is 12.1 Å². The van der Waals surface area contributed by atoms with Gasteiger partial charge < -0.3 is 37.2 Å². The van der Waals surface area contributed by atoms with Gasteiger partial charge in [-0.2, -0.15) is 0 Å². The summed E-state index contributed by atoms with van der Waals surface area (Å²) >= 11 is 0. The fourth-order valence-corrected chi connectivity index (χ4v) is 6.30. The minimum absolute atomic E-state index is 0.0618. The molecule has 0 aromatic heterocycles. The maximum absolute atomic E-state index is 13.1. The van der Waals surface area contributed by atoms with Gasteiger partial charge in [0, 0.05) is 55.4 Å². The van der Waals surface area contributed by atoms with Crippen molar-refractivity contribution in [2.75, 3.05) is 38.5 Å². The zero-order valence-corrected chi connectivity index (χ0v) is 23.1. The highest BCUT2D eigenvalue weighted by atomic mass is 16.2. The van der Waals surface area contributed by atoms with Crippen molar-refractivity contribution >= 4 is 35.3 Å². The van der Waals surface area contributed by atoms with Gasteiger partial charge in [0.2, 0.25) is 5.91 Å². The Hall–Kier alpha value is -3.83. The number of carbonyl (C=O) groups excluding carboxylic acids is 3. The highest BCUT2D eigenvalue weighted by Gasteiger charge is 2.37. The first-order valence-electron chi connectivity index (χ1n) is 14.5. The smallest absolute Gasteiger partial charge is 0.319 e. The van der Waals surface area contributed by atoms with E-state index in [0.717, 1.165) is 69.1 Å². The van der Waals surface area contributed by atoms with Crippen LogP contribution in [0.1, 0.15) is 50.5 Å². The standard InChI is InChI=1S/C28H41N9O3/c1-29-26(38)22-9-8-21(36-27(39)34-19-6-2-4-17(14-19)24-30-10-11-31-24)16-23(22)37-28(40)35-20-7-3-5-18(15-20)25-32-12-13-33-25/h2,4,6,14,18,20-23H,3,5,7-13,15-16H2,1H3,(H,29,38)(H,30,31)(H,32,33)(H2,34,36,39)(H2,35,37,40). The molecule has 12 heteroatoms. The van der Waals surface area contributed by atoms with Crippen LogP contribution in [0.25, 0.3) is 0 Å². The minimum atomic E-state index is -0.394. The Bertz CT molecular complexity index is 1150. The molecule has 0 radical (unpaired) electrons. The molecule has 0 bridgehead atoms. The highest BCUT2D eigenvalue weighted by Crippen LogP contribution is 2.27. The molecule has 5 atom stereocenters. The molecule has 216 valence electrons. The van der Waals surface area contributed by atoms with Gasteiger partial charge in [-0.15, -0.1) is 0 Å².